The molecule has 0 bridgehead atoms. The monoisotopic (exact) mass is 347 g/mol. The van der Waals surface area contributed by atoms with Gasteiger partial charge < -0.3 is 10.4 Å². The summed E-state index contributed by atoms with van der Waals surface area (Å²) in [4.78, 5) is 25.5. The Labute approximate surface area is 143 Å². The highest BCUT2D eigenvalue weighted by molar-refractivity contribution is 7.17. The van der Waals surface area contributed by atoms with Crippen LogP contribution >= 0.6 is 11.3 Å². The smallest absolute Gasteiger partial charge is 0.329 e. The highest BCUT2D eigenvalue weighted by Crippen LogP contribution is 2.31. The molecule has 126 valence electrons. The summed E-state index contributed by atoms with van der Waals surface area (Å²) in [5, 5.41) is 12.3. The fourth-order valence-electron chi connectivity index (χ4n) is 3.06. The van der Waals surface area contributed by atoms with Crippen LogP contribution in [0.1, 0.15) is 41.8 Å². The number of nitrogens with one attached hydrogen (secondary N) is 1. The molecule has 0 saturated heterocycles. The number of thiophene rings is 1. The lowest BCUT2D eigenvalue weighted by Crippen LogP contribution is -2.55. The summed E-state index contributed by atoms with van der Waals surface area (Å²) in [7, 11) is 0. The molecular weight excluding hydrogens is 329 g/mol. The second-order valence-electron chi connectivity index (χ2n) is 6.07. The van der Waals surface area contributed by atoms with Crippen molar-refractivity contribution in [3.63, 3.8) is 0 Å². The molecule has 0 aliphatic heterocycles. The first kappa shape index (κ1) is 16.6. The Morgan fingerprint density at radius 1 is 1.04 bits per heavy atom. The van der Waals surface area contributed by atoms with Gasteiger partial charge in [-0.1, -0.05) is 31.4 Å². The predicted octanol–water partition coefficient (Wildman–Crippen LogP) is 4.07. The Bertz CT molecular complexity index is 748. The number of amides is 1. The maximum atomic E-state index is 13.0. The predicted molar refractivity (Wildman–Crippen MR) is 90.6 cm³/mol. The Balaban J connectivity index is 1.78. The van der Waals surface area contributed by atoms with Crippen molar-refractivity contribution in [2.24, 2.45) is 0 Å². The van der Waals surface area contributed by atoms with E-state index in [4.69, 9.17) is 0 Å². The molecular formula is C18H18FNO3S. The third kappa shape index (κ3) is 3.33. The maximum Gasteiger partial charge on any atom is 0.329 e. The van der Waals surface area contributed by atoms with Crippen LogP contribution in [0.25, 0.3) is 10.4 Å². The molecule has 4 nitrogen and oxygen atoms in total. The quantitative estimate of drug-likeness (QED) is 0.876. The minimum absolute atomic E-state index is 0.311. The Kier molecular flexibility index (Phi) is 4.66. The van der Waals surface area contributed by atoms with Crippen LogP contribution in [0.5, 0.6) is 0 Å². The molecule has 0 spiro atoms. The van der Waals surface area contributed by atoms with Crippen LogP contribution < -0.4 is 5.32 Å². The van der Waals surface area contributed by atoms with Crippen molar-refractivity contribution in [2.75, 3.05) is 0 Å². The Morgan fingerprint density at radius 3 is 2.33 bits per heavy atom. The van der Waals surface area contributed by atoms with Gasteiger partial charge in [-0.05, 0) is 42.7 Å². The number of carboxylic acid groups (broad SMARTS) is 1. The fraction of sp³-hybridized carbons (Fsp3) is 0.333. The zero-order chi connectivity index (χ0) is 17.2. The zero-order valence-corrected chi connectivity index (χ0v) is 13.9. The molecule has 0 atom stereocenters. The molecule has 1 fully saturated rings. The number of carboxylic acids is 1. The number of carbonyl (C=O) groups excluding carboxylic acids is 1. The van der Waals surface area contributed by atoms with Crippen molar-refractivity contribution in [1.29, 1.82) is 0 Å². The van der Waals surface area contributed by atoms with Crippen molar-refractivity contribution in [3.8, 4) is 10.4 Å². The van der Waals surface area contributed by atoms with Crippen LogP contribution in [0.15, 0.2) is 36.4 Å². The van der Waals surface area contributed by atoms with E-state index in [0.29, 0.717) is 17.7 Å². The summed E-state index contributed by atoms with van der Waals surface area (Å²) in [6, 6.07) is 9.52. The minimum Gasteiger partial charge on any atom is -0.480 e. The zero-order valence-electron chi connectivity index (χ0n) is 13.0. The van der Waals surface area contributed by atoms with Gasteiger partial charge in [0.05, 0.1) is 4.88 Å². The van der Waals surface area contributed by atoms with E-state index in [9.17, 15) is 19.1 Å². The number of hydrogen-bond donors (Lipinski definition) is 2. The van der Waals surface area contributed by atoms with E-state index in [1.54, 1.807) is 24.3 Å². The highest BCUT2D eigenvalue weighted by atomic mass is 32.1. The third-order valence-corrected chi connectivity index (χ3v) is 5.56. The number of carbonyl (C=O) groups is 2. The fourth-order valence-corrected chi connectivity index (χ4v) is 3.96. The molecule has 1 saturated carbocycles. The first-order valence-corrected chi connectivity index (χ1v) is 8.73. The van der Waals surface area contributed by atoms with Gasteiger partial charge in [0.2, 0.25) is 0 Å². The summed E-state index contributed by atoms with van der Waals surface area (Å²) in [5.41, 5.74) is -0.332. The lowest BCUT2D eigenvalue weighted by atomic mass is 9.81. The van der Waals surface area contributed by atoms with Gasteiger partial charge in [-0.25, -0.2) is 9.18 Å². The summed E-state index contributed by atoms with van der Waals surface area (Å²) in [5.74, 6) is -1.64. The van der Waals surface area contributed by atoms with Crippen molar-refractivity contribution in [3.05, 3.63) is 47.1 Å². The molecule has 2 N–H and O–H groups in total. The second-order valence-corrected chi connectivity index (χ2v) is 7.16. The first-order chi connectivity index (χ1) is 11.5. The molecule has 1 aromatic heterocycles. The van der Waals surface area contributed by atoms with Gasteiger partial charge >= 0.3 is 5.97 Å². The van der Waals surface area contributed by atoms with E-state index in [1.165, 1.54) is 23.5 Å². The molecule has 0 unspecified atom stereocenters. The molecule has 1 heterocycles. The van der Waals surface area contributed by atoms with E-state index in [-0.39, 0.29) is 11.7 Å². The highest BCUT2D eigenvalue weighted by Gasteiger charge is 2.41. The van der Waals surface area contributed by atoms with E-state index < -0.39 is 11.5 Å². The van der Waals surface area contributed by atoms with Gasteiger partial charge in [0.1, 0.15) is 11.4 Å². The molecule has 1 aliphatic rings. The summed E-state index contributed by atoms with van der Waals surface area (Å²) >= 11 is 1.27. The van der Waals surface area contributed by atoms with E-state index in [1.807, 2.05) is 0 Å². The average Bonchev–Trinajstić information content (AvgIpc) is 3.06. The number of hydrogen-bond acceptors (Lipinski definition) is 3. The van der Waals surface area contributed by atoms with Crippen molar-refractivity contribution >= 4 is 23.2 Å². The Hall–Kier alpha value is -2.21. The van der Waals surface area contributed by atoms with Gasteiger partial charge in [-0.15, -0.1) is 11.3 Å². The molecule has 2 aromatic rings. The Morgan fingerprint density at radius 2 is 1.71 bits per heavy atom. The largest absolute Gasteiger partial charge is 0.480 e. The van der Waals surface area contributed by atoms with Gasteiger partial charge in [0.15, 0.2) is 0 Å². The van der Waals surface area contributed by atoms with Crippen LogP contribution in [0, 0.1) is 5.82 Å². The first-order valence-electron chi connectivity index (χ1n) is 7.92. The standard InChI is InChI=1S/C18H18FNO3S/c19-13-6-4-12(5-7-13)14-8-9-15(24-14)16(21)20-18(17(22)23)10-2-1-3-11-18/h4-9H,1-3,10-11H2,(H,20,21)(H,22,23). The normalized spacial score (nSPS) is 16.5. The number of rotatable bonds is 4. The van der Waals surface area contributed by atoms with Crippen LogP contribution in [0.3, 0.4) is 0 Å². The van der Waals surface area contributed by atoms with Gasteiger partial charge in [0.25, 0.3) is 5.91 Å². The maximum absolute atomic E-state index is 13.0. The molecule has 1 aliphatic carbocycles. The van der Waals surface area contributed by atoms with Crippen molar-refractivity contribution < 1.29 is 19.1 Å². The van der Waals surface area contributed by atoms with Gasteiger partial charge in [-0.3, -0.25) is 4.79 Å². The molecule has 3 rings (SSSR count). The number of halogens is 1. The van der Waals surface area contributed by atoms with Crippen LogP contribution in [-0.4, -0.2) is 22.5 Å². The van der Waals surface area contributed by atoms with E-state index >= 15 is 0 Å². The van der Waals surface area contributed by atoms with Crippen LogP contribution in [-0.2, 0) is 4.79 Å². The molecule has 24 heavy (non-hydrogen) atoms. The summed E-state index contributed by atoms with van der Waals surface area (Å²) < 4.78 is 13.0. The lowest BCUT2D eigenvalue weighted by molar-refractivity contribution is -0.145. The van der Waals surface area contributed by atoms with E-state index in [2.05, 4.69) is 5.32 Å². The average molecular weight is 347 g/mol. The van der Waals surface area contributed by atoms with Gasteiger partial charge in [0, 0.05) is 4.88 Å². The van der Waals surface area contributed by atoms with Gasteiger partial charge in [-0.2, -0.15) is 0 Å². The minimum atomic E-state index is -1.16. The van der Waals surface area contributed by atoms with Crippen LogP contribution in [0.4, 0.5) is 4.39 Å². The number of benzene rings is 1. The summed E-state index contributed by atoms with van der Waals surface area (Å²) in [6.45, 7) is 0. The second kappa shape index (κ2) is 6.73. The van der Waals surface area contributed by atoms with Crippen molar-refractivity contribution in [1.82, 2.24) is 5.32 Å². The third-order valence-electron chi connectivity index (χ3n) is 4.43. The number of aliphatic carboxylic acids is 1. The molecule has 1 amide bonds. The molecule has 6 heteroatoms. The SMILES string of the molecule is O=C(NC1(C(=O)O)CCCCC1)c1ccc(-c2ccc(F)cc2)s1. The van der Waals surface area contributed by atoms with Crippen LogP contribution in [0.2, 0.25) is 0 Å². The van der Waals surface area contributed by atoms with Crippen molar-refractivity contribution in [2.45, 2.75) is 37.6 Å². The summed E-state index contributed by atoms with van der Waals surface area (Å²) in [6.07, 6.45) is 3.53. The topological polar surface area (TPSA) is 66.4 Å². The molecule has 1 aromatic carbocycles. The molecule has 0 radical (unpaired) electrons. The van der Waals surface area contributed by atoms with E-state index in [0.717, 1.165) is 29.7 Å². The lowest BCUT2D eigenvalue weighted by Gasteiger charge is -2.33.